The molecule has 7 nitrogen and oxygen atoms in total. The van der Waals surface area contributed by atoms with Crippen LogP contribution in [0.3, 0.4) is 0 Å². The SMILES string of the molecule is COC(=O)C(CO)NS(=O)(=O)c1ccc(Cl)nc1. The van der Waals surface area contributed by atoms with Gasteiger partial charge >= 0.3 is 5.97 Å². The smallest absolute Gasteiger partial charge is 0.326 e. The Bertz CT molecular complexity index is 516. The van der Waals surface area contributed by atoms with Crippen molar-refractivity contribution in [3.8, 4) is 0 Å². The Hall–Kier alpha value is -1.22. The number of aliphatic hydroxyl groups excluding tert-OH is 1. The van der Waals surface area contributed by atoms with E-state index in [1.165, 1.54) is 12.1 Å². The molecule has 0 saturated heterocycles. The lowest BCUT2D eigenvalue weighted by Crippen LogP contribution is -2.43. The van der Waals surface area contributed by atoms with Gasteiger partial charge in [-0.25, -0.2) is 13.4 Å². The zero-order chi connectivity index (χ0) is 13.8. The zero-order valence-corrected chi connectivity index (χ0v) is 10.9. The Kier molecular flexibility index (Phi) is 5.03. The van der Waals surface area contributed by atoms with E-state index < -0.39 is 28.6 Å². The number of aliphatic hydroxyl groups is 1. The number of hydrogen-bond donors (Lipinski definition) is 2. The fourth-order valence-corrected chi connectivity index (χ4v) is 2.31. The molecule has 1 unspecified atom stereocenters. The second kappa shape index (κ2) is 6.10. The Morgan fingerprint density at radius 1 is 1.61 bits per heavy atom. The van der Waals surface area contributed by atoms with Gasteiger partial charge in [0, 0.05) is 6.20 Å². The summed E-state index contributed by atoms with van der Waals surface area (Å²) in [6.07, 6.45) is 1.04. The van der Waals surface area contributed by atoms with Crippen molar-refractivity contribution < 1.29 is 23.1 Å². The quantitative estimate of drug-likeness (QED) is 0.563. The summed E-state index contributed by atoms with van der Waals surface area (Å²) in [6.45, 7) is -0.715. The van der Waals surface area contributed by atoms with Gasteiger partial charge in [-0.2, -0.15) is 4.72 Å². The van der Waals surface area contributed by atoms with E-state index in [9.17, 15) is 13.2 Å². The summed E-state index contributed by atoms with van der Waals surface area (Å²) in [5, 5.41) is 9.06. The molecular weight excluding hydrogens is 284 g/mol. The molecule has 0 bridgehead atoms. The largest absolute Gasteiger partial charge is 0.468 e. The van der Waals surface area contributed by atoms with Crippen molar-refractivity contribution in [1.82, 2.24) is 9.71 Å². The average Bonchev–Trinajstić information content (AvgIpc) is 2.35. The Balaban J connectivity index is 2.94. The highest BCUT2D eigenvalue weighted by atomic mass is 35.5. The summed E-state index contributed by atoms with van der Waals surface area (Å²) < 4.78 is 30.0. The number of pyridine rings is 1. The van der Waals surface area contributed by atoms with Crippen LogP contribution in [0.15, 0.2) is 23.2 Å². The monoisotopic (exact) mass is 294 g/mol. The molecule has 2 N–H and O–H groups in total. The zero-order valence-electron chi connectivity index (χ0n) is 9.33. The molecule has 0 aliphatic heterocycles. The Labute approximate surface area is 109 Å². The van der Waals surface area contributed by atoms with Gasteiger partial charge in [-0.05, 0) is 12.1 Å². The van der Waals surface area contributed by atoms with E-state index in [1.54, 1.807) is 0 Å². The second-order valence-electron chi connectivity index (χ2n) is 3.20. The van der Waals surface area contributed by atoms with Crippen molar-refractivity contribution >= 4 is 27.6 Å². The number of ether oxygens (including phenoxy) is 1. The third-order valence-corrected chi connectivity index (χ3v) is 3.66. The first-order chi connectivity index (χ1) is 8.40. The van der Waals surface area contributed by atoms with Gasteiger partial charge in [0.2, 0.25) is 10.0 Å². The first kappa shape index (κ1) is 14.8. The molecule has 0 fully saturated rings. The van der Waals surface area contributed by atoms with Gasteiger partial charge in [-0.3, -0.25) is 4.79 Å². The molecule has 18 heavy (non-hydrogen) atoms. The van der Waals surface area contributed by atoms with Crippen molar-refractivity contribution in [3.63, 3.8) is 0 Å². The van der Waals surface area contributed by atoms with Gasteiger partial charge in [-0.15, -0.1) is 0 Å². The minimum atomic E-state index is -3.98. The van der Waals surface area contributed by atoms with Gasteiger partial charge in [-0.1, -0.05) is 11.6 Å². The minimum absolute atomic E-state index is 0.139. The third-order valence-electron chi connectivity index (χ3n) is 1.98. The molecule has 0 aromatic carbocycles. The molecule has 1 aromatic heterocycles. The van der Waals surface area contributed by atoms with Gasteiger partial charge < -0.3 is 9.84 Å². The molecule has 0 radical (unpaired) electrons. The lowest BCUT2D eigenvalue weighted by atomic mass is 10.3. The Morgan fingerprint density at radius 3 is 2.72 bits per heavy atom. The van der Waals surface area contributed by atoms with E-state index >= 15 is 0 Å². The van der Waals surface area contributed by atoms with Crippen LogP contribution in [0.1, 0.15) is 0 Å². The topological polar surface area (TPSA) is 106 Å². The van der Waals surface area contributed by atoms with Gasteiger partial charge in [0.25, 0.3) is 0 Å². The maximum Gasteiger partial charge on any atom is 0.326 e. The first-order valence-corrected chi connectivity index (χ1v) is 6.59. The Morgan fingerprint density at radius 2 is 2.28 bits per heavy atom. The summed E-state index contributed by atoms with van der Waals surface area (Å²) in [6, 6.07) is 1.15. The molecule has 0 aliphatic rings. The molecule has 1 heterocycles. The van der Waals surface area contributed by atoms with Crippen LogP contribution in [-0.4, -0.2) is 44.2 Å². The summed E-state index contributed by atoms with van der Waals surface area (Å²) in [7, 11) is -2.89. The molecular formula is C9H11ClN2O5S. The molecule has 1 aromatic rings. The number of nitrogens with one attached hydrogen (secondary N) is 1. The second-order valence-corrected chi connectivity index (χ2v) is 5.30. The molecule has 100 valence electrons. The van der Waals surface area contributed by atoms with Crippen LogP contribution in [-0.2, 0) is 19.6 Å². The van der Waals surface area contributed by atoms with E-state index in [-0.39, 0.29) is 10.0 Å². The van der Waals surface area contributed by atoms with Crippen LogP contribution < -0.4 is 4.72 Å². The number of carbonyl (C=O) groups is 1. The van der Waals surface area contributed by atoms with Crippen molar-refractivity contribution in [2.75, 3.05) is 13.7 Å². The molecule has 0 amide bonds. The van der Waals surface area contributed by atoms with E-state index in [0.29, 0.717) is 0 Å². The van der Waals surface area contributed by atoms with E-state index in [4.69, 9.17) is 16.7 Å². The summed E-state index contributed by atoms with van der Waals surface area (Å²) in [5.41, 5.74) is 0. The van der Waals surface area contributed by atoms with E-state index in [2.05, 4.69) is 9.72 Å². The van der Waals surface area contributed by atoms with Crippen molar-refractivity contribution in [2.24, 2.45) is 0 Å². The number of carbonyl (C=O) groups excluding carboxylic acids is 1. The number of esters is 1. The van der Waals surface area contributed by atoms with Gasteiger partial charge in [0.05, 0.1) is 13.7 Å². The molecule has 0 saturated carbocycles. The lowest BCUT2D eigenvalue weighted by molar-refractivity contribution is -0.143. The number of hydrogen-bond acceptors (Lipinski definition) is 6. The fraction of sp³-hybridized carbons (Fsp3) is 0.333. The van der Waals surface area contributed by atoms with Crippen LogP contribution in [0.2, 0.25) is 5.15 Å². The lowest BCUT2D eigenvalue weighted by Gasteiger charge is -2.13. The summed E-state index contributed by atoms with van der Waals surface area (Å²) in [4.78, 5) is 14.6. The molecule has 1 atom stereocenters. The third kappa shape index (κ3) is 3.64. The molecule has 0 spiro atoms. The summed E-state index contributed by atoms with van der Waals surface area (Å²) >= 11 is 5.53. The van der Waals surface area contributed by atoms with Crippen LogP contribution in [0.4, 0.5) is 0 Å². The number of sulfonamides is 1. The number of rotatable bonds is 5. The highest BCUT2D eigenvalue weighted by Crippen LogP contribution is 2.11. The fourth-order valence-electron chi connectivity index (χ4n) is 1.08. The minimum Gasteiger partial charge on any atom is -0.468 e. The van der Waals surface area contributed by atoms with Gasteiger partial charge in [0.1, 0.15) is 16.1 Å². The molecule has 0 aliphatic carbocycles. The van der Waals surface area contributed by atoms with Crippen LogP contribution in [0.25, 0.3) is 0 Å². The number of aromatic nitrogens is 1. The predicted molar refractivity (Wildman–Crippen MR) is 62.5 cm³/mol. The maximum absolute atomic E-state index is 11.8. The normalized spacial score (nSPS) is 13.1. The van der Waals surface area contributed by atoms with Crippen LogP contribution in [0, 0.1) is 0 Å². The highest BCUT2D eigenvalue weighted by molar-refractivity contribution is 7.89. The number of nitrogens with zero attached hydrogens (tertiary/aromatic N) is 1. The van der Waals surface area contributed by atoms with E-state index in [1.807, 2.05) is 4.72 Å². The van der Waals surface area contributed by atoms with Crippen molar-refractivity contribution in [2.45, 2.75) is 10.9 Å². The van der Waals surface area contributed by atoms with Crippen molar-refractivity contribution in [3.05, 3.63) is 23.5 Å². The van der Waals surface area contributed by atoms with E-state index in [0.717, 1.165) is 13.3 Å². The molecule has 9 heteroatoms. The average molecular weight is 295 g/mol. The summed E-state index contributed by atoms with van der Waals surface area (Å²) in [5.74, 6) is -0.886. The van der Waals surface area contributed by atoms with Crippen LogP contribution >= 0.6 is 11.6 Å². The highest BCUT2D eigenvalue weighted by Gasteiger charge is 2.25. The van der Waals surface area contributed by atoms with Crippen molar-refractivity contribution in [1.29, 1.82) is 0 Å². The predicted octanol–water partition coefficient (Wildman–Crippen LogP) is -0.453. The standard InChI is InChI=1S/C9H11ClN2O5S/c1-17-9(14)7(5-13)12-18(15,16)6-2-3-8(10)11-4-6/h2-4,7,12-13H,5H2,1H3. The number of halogens is 1. The first-order valence-electron chi connectivity index (χ1n) is 4.73. The maximum atomic E-state index is 11.8. The number of methoxy groups -OCH3 is 1. The van der Waals surface area contributed by atoms with Crippen LogP contribution in [0.5, 0.6) is 0 Å². The molecule has 1 rings (SSSR count). The van der Waals surface area contributed by atoms with Gasteiger partial charge in [0.15, 0.2) is 0 Å².